The first-order valence-corrected chi connectivity index (χ1v) is 9.65. The lowest BCUT2D eigenvalue weighted by Crippen LogP contribution is -2.57. The van der Waals surface area contributed by atoms with Gasteiger partial charge < -0.3 is 38.3 Å². The van der Waals surface area contributed by atoms with Crippen molar-refractivity contribution < 1.29 is 29.1 Å². The van der Waals surface area contributed by atoms with Gasteiger partial charge >= 0.3 is 5.97 Å². The van der Waals surface area contributed by atoms with Gasteiger partial charge in [-0.15, -0.1) is 0 Å². The Labute approximate surface area is 174 Å². The monoisotopic (exact) mass is 434 g/mol. The topological polar surface area (TPSA) is 220 Å². The van der Waals surface area contributed by atoms with Crippen LogP contribution >= 0.6 is 12.6 Å². The molecular formula is C16H30N6O6S. The number of aliphatic carboxylic acids is 1. The van der Waals surface area contributed by atoms with E-state index in [2.05, 4.69) is 28.6 Å². The second-order valence-electron chi connectivity index (χ2n) is 6.43. The van der Waals surface area contributed by atoms with E-state index in [0.717, 1.165) is 0 Å². The lowest BCUT2D eigenvalue weighted by molar-refractivity contribution is -0.141. The van der Waals surface area contributed by atoms with Crippen LogP contribution in [-0.2, 0) is 24.0 Å². The van der Waals surface area contributed by atoms with Gasteiger partial charge in [0.15, 0.2) is 0 Å². The van der Waals surface area contributed by atoms with Crippen molar-refractivity contribution in [3.05, 3.63) is 0 Å². The molecule has 0 aromatic rings. The third-order valence-corrected chi connectivity index (χ3v) is 4.25. The zero-order chi connectivity index (χ0) is 22.6. The quantitative estimate of drug-likeness (QED) is 0.102. The average molecular weight is 435 g/mol. The molecule has 0 rings (SSSR count). The number of hydrogen-bond donors (Lipinski definition) is 8. The summed E-state index contributed by atoms with van der Waals surface area (Å²) in [6, 6.07) is -4.55. The number of unbranched alkanes of at least 4 members (excludes halogenated alkanes) is 1. The lowest BCUT2D eigenvalue weighted by Gasteiger charge is -2.24. The molecule has 0 bridgehead atoms. The molecule has 0 aliphatic carbocycles. The van der Waals surface area contributed by atoms with Crippen molar-refractivity contribution >= 4 is 42.2 Å². The number of primary amides is 1. The van der Waals surface area contributed by atoms with Crippen molar-refractivity contribution in [1.29, 1.82) is 0 Å². The van der Waals surface area contributed by atoms with Gasteiger partial charge in [0.1, 0.15) is 18.1 Å². The van der Waals surface area contributed by atoms with Gasteiger partial charge in [0.25, 0.3) is 0 Å². The van der Waals surface area contributed by atoms with E-state index in [0.29, 0.717) is 19.4 Å². The fraction of sp³-hybridized carbons (Fsp3) is 0.688. The van der Waals surface area contributed by atoms with Gasteiger partial charge in [-0.3, -0.25) is 24.0 Å². The highest BCUT2D eigenvalue weighted by atomic mass is 32.1. The van der Waals surface area contributed by atoms with Crippen LogP contribution in [-0.4, -0.2) is 71.2 Å². The predicted molar refractivity (Wildman–Crippen MR) is 108 cm³/mol. The molecule has 29 heavy (non-hydrogen) atoms. The number of carbonyl (C=O) groups is 5. The number of nitrogens with two attached hydrogens (primary N) is 3. The Morgan fingerprint density at radius 1 is 0.966 bits per heavy atom. The van der Waals surface area contributed by atoms with Gasteiger partial charge in [0.2, 0.25) is 23.6 Å². The maximum atomic E-state index is 12.5. The molecule has 4 atom stereocenters. The van der Waals surface area contributed by atoms with Gasteiger partial charge in [0.05, 0.1) is 12.5 Å². The maximum Gasteiger partial charge on any atom is 0.325 e. The van der Waals surface area contributed by atoms with E-state index < -0.39 is 60.2 Å². The summed E-state index contributed by atoms with van der Waals surface area (Å²) in [6.07, 6.45) is 0.931. The Hall–Kier alpha value is -2.38. The Kier molecular flexibility index (Phi) is 12.6. The summed E-state index contributed by atoms with van der Waals surface area (Å²) < 4.78 is 0. The smallest absolute Gasteiger partial charge is 0.325 e. The molecular weight excluding hydrogens is 404 g/mol. The summed E-state index contributed by atoms with van der Waals surface area (Å²) in [6.45, 7) is 1.68. The minimum Gasteiger partial charge on any atom is -0.480 e. The first-order valence-electron chi connectivity index (χ1n) is 9.02. The third kappa shape index (κ3) is 10.7. The molecule has 0 aromatic carbocycles. The summed E-state index contributed by atoms with van der Waals surface area (Å²) in [5.41, 5.74) is 15.9. The zero-order valence-electron chi connectivity index (χ0n) is 16.2. The molecule has 0 heterocycles. The molecule has 4 amide bonds. The van der Waals surface area contributed by atoms with E-state index >= 15 is 0 Å². The van der Waals surface area contributed by atoms with Crippen molar-refractivity contribution in [2.45, 2.75) is 56.8 Å². The first kappa shape index (κ1) is 26.6. The molecule has 4 unspecified atom stereocenters. The van der Waals surface area contributed by atoms with Crippen LogP contribution in [0, 0.1) is 0 Å². The van der Waals surface area contributed by atoms with E-state index in [1.807, 2.05) is 0 Å². The fourth-order valence-corrected chi connectivity index (χ4v) is 2.45. The molecule has 13 heteroatoms. The first-order chi connectivity index (χ1) is 13.5. The van der Waals surface area contributed by atoms with Crippen LogP contribution in [0.25, 0.3) is 0 Å². The maximum absolute atomic E-state index is 12.5. The molecule has 0 aliphatic heterocycles. The second-order valence-corrected chi connectivity index (χ2v) is 6.80. The summed E-state index contributed by atoms with van der Waals surface area (Å²) in [5.74, 6) is -4.28. The largest absolute Gasteiger partial charge is 0.480 e. The van der Waals surface area contributed by atoms with Crippen LogP contribution in [0.3, 0.4) is 0 Å². The SMILES string of the molecule is CC(NC(=O)C(CCCCN)NC(=O)C(CS)NC(=O)C(N)CC(N)=O)C(=O)O. The molecule has 0 fully saturated rings. The van der Waals surface area contributed by atoms with Crippen LogP contribution in [0.5, 0.6) is 0 Å². The lowest BCUT2D eigenvalue weighted by atomic mass is 10.1. The van der Waals surface area contributed by atoms with Crippen molar-refractivity contribution in [3.63, 3.8) is 0 Å². The van der Waals surface area contributed by atoms with Crippen LogP contribution in [0.4, 0.5) is 0 Å². The number of rotatable bonds is 14. The molecule has 10 N–H and O–H groups in total. The van der Waals surface area contributed by atoms with Crippen molar-refractivity contribution in [1.82, 2.24) is 16.0 Å². The molecule has 0 aromatic heterocycles. The molecule has 0 saturated carbocycles. The third-order valence-electron chi connectivity index (χ3n) is 3.88. The fourth-order valence-electron chi connectivity index (χ4n) is 2.19. The Morgan fingerprint density at radius 2 is 1.52 bits per heavy atom. The van der Waals surface area contributed by atoms with E-state index in [-0.39, 0.29) is 12.2 Å². The standard InChI is InChI=1S/C16H30N6O6S/c1-8(16(27)28)20-14(25)10(4-2-3-5-17)21-15(26)11(7-29)22-13(24)9(18)6-12(19)23/h8-11,29H,2-7,17-18H2,1H3,(H2,19,23)(H,20,25)(H,21,26)(H,22,24)(H,27,28). The number of nitrogens with one attached hydrogen (secondary N) is 3. The van der Waals surface area contributed by atoms with Crippen LogP contribution in [0.2, 0.25) is 0 Å². The second kappa shape index (κ2) is 13.7. The van der Waals surface area contributed by atoms with Crippen molar-refractivity contribution in [2.24, 2.45) is 17.2 Å². The highest BCUT2D eigenvalue weighted by Gasteiger charge is 2.28. The normalized spacial score (nSPS) is 14.8. The summed E-state index contributed by atoms with van der Waals surface area (Å²) >= 11 is 4.01. The van der Waals surface area contributed by atoms with E-state index in [4.69, 9.17) is 22.3 Å². The van der Waals surface area contributed by atoms with Gasteiger partial charge in [-0.05, 0) is 32.7 Å². The average Bonchev–Trinajstić information content (AvgIpc) is 2.64. The van der Waals surface area contributed by atoms with Gasteiger partial charge in [0, 0.05) is 5.75 Å². The number of carboxylic acid groups (broad SMARTS) is 1. The molecule has 0 aliphatic rings. The van der Waals surface area contributed by atoms with Crippen molar-refractivity contribution in [2.75, 3.05) is 12.3 Å². The minimum atomic E-state index is -1.23. The Morgan fingerprint density at radius 3 is 2.00 bits per heavy atom. The van der Waals surface area contributed by atoms with Gasteiger partial charge in [-0.1, -0.05) is 0 Å². The minimum absolute atomic E-state index is 0.108. The molecule has 12 nitrogen and oxygen atoms in total. The number of amides is 4. The molecule has 0 saturated heterocycles. The molecule has 0 radical (unpaired) electrons. The highest BCUT2D eigenvalue weighted by molar-refractivity contribution is 7.80. The Bertz CT molecular complexity index is 604. The van der Waals surface area contributed by atoms with E-state index in [9.17, 15) is 24.0 Å². The van der Waals surface area contributed by atoms with E-state index in [1.165, 1.54) is 6.92 Å². The summed E-state index contributed by atoms with van der Waals surface area (Å²) in [7, 11) is 0. The number of carboxylic acids is 1. The van der Waals surface area contributed by atoms with Crippen LogP contribution < -0.4 is 33.2 Å². The number of carbonyl (C=O) groups excluding carboxylic acids is 4. The molecule has 166 valence electrons. The van der Waals surface area contributed by atoms with E-state index in [1.54, 1.807) is 0 Å². The predicted octanol–water partition coefficient (Wildman–Crippen LogP) is -3.19. The number of thiol groups is 1. The van der Waals surface area contributed by atoms with Gasteiger partial charge in [-0.2, -0.15) is 12.6 Å². The molecule has 0 spiro atoms. The summed E-state index contributed by atoms with van der Waals surface area (Å²) in [5, 5.41) is 16.0. The number of hydrogen-bond acceptors (Lipinski definition) is 8. The Balaban J connectivity index is 5.08. The summed E-state index contributed by atoms with van der Waals surface area (Å²) in [4.78, 5) is 58.6. The highest BCUT2D eigenvalue weighted by Crippen LogP contribution is 2.03. The van der Waals surface area contributed by atoms with Gasteiger partial charge in [-0.25, -0.2) is 0 Å². The van der Waals surface area contributed by atoms with Crippen molar-refractivity contribution in [3.8, 4) is 0 Å². The van der Waals surface area contributed by atoms with Crippen LogP contribution in [0.1, 0.15) is 32.6 Å². The zero-order valence-corrected chi connectivity index (χ0v) is 17.1. The van der Waals surface area contributed by atoms with Crippen LogP contribution in [0.15, 0.2) is 0 Å².